The number of carbonyl (C=O) groups excluding carboxylic acids is 1. The number of rotatable bonds is 3. The summed E-state index contributed by atoms with van der Waals surface area (Å²) < 4.78 is 0. The Labute approximate surface area is 79.5 Å². The van der Waals surface area contributed by atoms with E-state index in [-0.39, 0.29) is 5.78 Å². The highest BCUT2D eigenvalue weighted by molar-refractivity contribution is 6.00. The molecule has 72 valence electrons. The molecule has 1 atom stereocenters. The average Bonchev–Trinajstić information content (AvgIpc) is 2.04. The second kappa shape index (κ2) is 4.76. The molecular weight excluding hydrogens is 164 g/mol. The Hall–Kier alpha value is -1.17. The fourth-order valence-electron chi connectivity index (χ4n) is 0.837. The van der Waals surface area contributed by atoms with Crippen LogP contribution in [0.15, 0.2) is 4.99 Å². The van der Waals surface area contributed by atoms with Crippen molar-refractivity contribution in [3.8, 4) is 6.07 Å². The summed E-state index contributed by atoms with van der Waals surface area (Å²) >= 11 is 0. The van der Waals surface area contributed by atoms with Crippen molar-refractivity contribution in [1.29, 1.82) is 5.26 Å². The molecule has 0 bridgehead atoms. The molecule has 0 amide bonds. The first-order chi connectivity index (χ1) is 5.93. The van der Waals surface area contributed by atoms with Crippen LogP contribution in [0.2, 0.25) is 0 Å². The third kappa shape index (κ3) is 3.84. The second-order valence-corrected chi connectivity index (χ2v) is 3.87. The maximum absolute atomic E-state index is 11.6. The summed E-state index contributed by atoms with van der Waals surface area (Å²) in [6.45, 7) is 7.89. The zero-order valence-corrected chi connectivity index (χ0v) is 8.66. The van der Waals surface area contributed by atoms with E-state index in [1.54, 1.807) is 20.8 Å². The molecule has 0 saturated carbocycles. The Morgan fingerprint density at radius 1 is 1.62 bits per heavy atom. The van der Waals surface area contributed by atoms with Gasteiger partial charge in [-0.1, -0.05) is 20.8 Å². The number of hydrogen-bond acceptors (Lipinski definition) is 3. The normalized spacial score (nSPS) is 14.1. The van der Waals surface area contributed by atoms with E-state index in [9.17, 15) is 4.79 Å². The SMILES string of the molecule is CCN=CC(C#N)C(=O)C(C)(C)C. The van der Waals surface area contributed by atoms with E-state index in [2.05, 4.69) is 4.99 Å². The first-order valence-corrected chi connectivity index (χ1v) is 4.37. The molecule has 1 unspecified atom stereocenters. The molecule has 0 radical (unpaired) electrons. The lowest BCUT2D eigenvalue weighted by atomic mass is 9.84. The standard InChI is InChI=1S/C10H16N2O/c1-5-12-7-8(6-11)9(13)10(2,3)4/h7-8H,5H2,1-4H3. The summed E-state index contributed by atoms with van der Waals surface area (Å²) in [4.78, 5) is 15.5. The van der Waals surface area contributed by atoms with Gasteiger partial charge >= 0.3 is 0 Å². The third-order valence-electron chi connectivity index (χ3n) is 1.60. The summed E-state index contributed by atoms with van der Waals surface area (Å²) in [5, 5.41) is 8.72. The van der Waals surface area contributed by atoms with E-state index in [4.69, 9.17) is 5.26 Å². The van der Waals surface area contributed by atoms with E-state index >= 15 is 0 Å². The first kappa shape index (κ1) is 11.8. The minimum Gasteiger partial charge on any atom is -0.297 e. The summed E-state index contributed by atoms with van der Waals surface area (Å²) in [6, 6.07) is 1.94. The van der Waals surface area contributed by atoms with Gasteiger partial charge in [-0.2, -0.15) is 5.26 Å². The Balaban J connectivity index is 4.54. The molecule has 0 heterocycles. The number of hydrogen-bond donors (Lipinski definition) is 0. The second-order valence-electron chi connectivity index (χ2n) is 3.87. The number of carbonyl (C=O) groups is 1. The molecule has 3 heteroatoms. The van der Waals surface area contributed by atoms with Gasteiger partial charge in [-0.25, -0.2) is 0 Å². The highest BCUT2D eigenvalue weighted by Gasteiger charge is 2.28. The van der Waals surface area contributed by atoms with Crippen LogP contribution >= 0.6 is 0 Å². The van der Waals surface area contributed by atoms with Gasteiger partial charge in [-0.15, -0.1) is 0 Å². The molecule has 13 heavy (non-hydrogen) atoms. The van der Waals surface area contributed by atoms with Crippen molar-refractivity contribution >= 4 is 12.0 Å². The van der Waals surface area contributed by atoms with Crippen molar-refractivity contribution in [3.63, 3.8) is 0 Å². The van der Waals surface area contributed by atoms with Gasteiger partial charge in [0.05, 0.1) is 6.07 Å². The van der Waals surface area contributed by atoms with Crippen LogP contribution in [0.25, 0.3) is 0 Å². The Morgan fingerprint density at radius 2 is 2.15 bits per heavy atom. The zero-order chi connectivity index (χ0) is 10.5. The summed E-state index contributed by atoms with van der Waals surface area (Å²) in [5.41, 5.74) is -0.472. The highest BCUT2D eigenvalue weighted by atomic mass is 16.1. The minimum absolute atomic E-state index is 0.0767. The van der Waals surface area contributed by atoms with E-state index in [0.29, 0.717) is 6.54 Å². The fourth-order valence-corrected chi connectivity index (χ4v) is 0.837. The molecule has 0 rings (SSSR count). The Morgan fingerprint density at radius 3 is 2.46 bits per heavy atom. The van der Waals surface area contributed by atoms with Crippen LogP contribution < -0.4 is 0 Å². The van der Waals surface area contributed by atoms with Crippen LogP contribution in [0.3, 0.4) is 0 Å². The van der Waals surface area contributed by atoms with Gasteiger partial charge in [0.15, 0.2) is 5.78 Å². The van der Waals surface area contributed by atoms with Gasteiger partial charge in [0.25, 0.3) is 0 Å². The monoisotopic (exact) mass is 180 g/mol. The van der Waals surface area contributed by atoms with Crippen molar-refractivity contribution in [1.82, 2.24) is 0 Å². The van der Waals surface area contributed by atoms with Crippen LogP contribution in [-0.2, 0) is 4.79 Å². The minimum atomic E-state index is -0.694. The predicted octanol–water partition coefficient (Wildman–Crippen LogP) is 1.83. The molecule has 0 saturated heterocycles. The molecule has 0 aliphatic heterocycles. The van der Waals surface area contributed by atoms with Crippen LogP contribution in [0.5, 0.6) is 0 Å². The van der Waals surface area contributed by atoms with E-state index < -0.39 is 11.3 Å². The molecule has 0 aromatic carbocycles. The first-order valence-electron chi connectivity index (χ1n) is 4.37. The maximum atomic E-state index is 11.6. The van der Waals surface area contributed by atoms with Gasteiger partial charge in [0, 0.05) is 18.2 Å². The highest BCUT2D eigenvalue weighted by Crippen LogP contribution is 2.18. The molecule has 0 N–H and O–H groups in total. The molecule has 0 aromatic rings. The molecule has 0 aliphatic carbocycles. The molecule has 0 spiro atoms. The molecule has 0 fully saturated rings. The molecule has 0 aromatic heterocycles. The fraction of sp³-hybridized carbons (Fsp3) is 0.700. The van der Waals surface area contributed by atoms with E-state index in [0.717, 1.165) is 0 Å². The van der Waals surface area contributed by atoms with Crippen LogP contribution in [0.4, 0.5) is 0 Å². The number of nitriles is 1. The van der Waals surface area contributed by atoms with E-state index in [1.165, 1.54) is 6.21 Å². The quantitative estimate of drug-likeness (QED) is 0.622. The number of nitrogens with zero attached hydrogens (tertiary/aromatic N) is 2. The van der Waals surface area contributed by atoms with Crippen LogP contribution in [0.1, 0.15) is 27.7 Å². The van der Waals surface area contributed by atoms with Gasteiger partial charge < -0.3 is 0 Å². The summed E-state index contributed by atoms with van der Waals surface area (Å²) in [6.07, 6.45) is 1.44. The van der Waals surface area contributed by atoms with Crippen molar-refractivity contribution < 1.29 is 4.79 Å². The van der Waals surface area contributed by atoms with Crippen LogP contribution in [-0.4, -0.2) is 18.5 Å². The van der Waals surface area contributed by atoms with Crippen molar-refractivity contribution in [2.45, 2.75) is 27.7 Å². The Kier molecular flexibility index (Phi) is 4.33. The van der Waals surface area contributed by atoms with Crippen molar-refractivity contribution in [2.75, 3.05) is 6.54 Å². The van der Waals surface area contributed by atoms with Crippen molar-refractivity contribution in [3.05, 3.63) is 0 Å². The third-order valence-corrected chi connectivity index (χ3v) is 1.60. The van der Waals surface area contributed by atoms with Gasteiger partial charge in [-0.05, 0) is 6.92 Å². The molecule has 0 aliphatic rings. The van der Waals surface area contributed by atoms with Crippen molar-refractivity contribution in [2.24, 2.45) is 16.3 Å². The van der Waals surface area contributed by atoms with Gasteiger partial charge in [0.2, 0.25) is 0 Å². The van der Waals surface area contributed by atoms with Gasteiger partial charge in [0.1, 0.15) is 5.92 Å². The number of Topliss-reactive ketones (excluding diaryl/α,β-unsaturated/α-hetero) is 1. The summed E-state index contributed by atoms with van der Waals surface area (Å²) in [7, 11) is 0. The lowest BCUT2D eigenvalue weighted by molar-refractivity contribution is -0.126. The topological polar surface area (TPSA) is 53.2 Å². The average molecular weight is 180 g/mol. The van der Waals surface area contributed by atoms with Gasteiger partial charge in [-0.3, -0.25) is 9.79 Å². The number of aliphatic imine (C=N–C) groups is 1. The van der Waals surface area contributed by atoms with Crippen LogP contribution in [0, 0.1) is 22.7 Å². The molecule has 3 nitrogen and oxygen atoms in total. The Bertz CT molecular complexity index is 243. The zero-order valence-electron chi connectivity index (χ0n) is 8.66. The predicted molar refractivity (Wildman–Crippen MR) is 52.6 cm³/mol. The largest absolute Gasteiger partial charge is 0.297 e. The lowest BCUT2D eigenvalue weighted by Gasteiger charge is -2.17. The molecular formula is C10H16N2O. The smallest absolute Gasteiger partial charge is 0.160 e. The summed E-state index contributed by atoms with van der Waals surface area (Å²) in [5.74, 6) is -0.771. The van der Waals surface area contributed by atoms with E-state index in [1.807, 2.05) is 13.0 Å². The maximum Gasteiger partial charge on any atom is 0.160 e. The lowest BCUT2D eigenvalue weighted by Crippen LogP contribution is -2.28. The number of ketones is 1.